The molecule has 0 aromatic heterocycles. The molecule has 6 heteroatoms. The Morgan fingerprint density at radius 3 is 2.62 bits per heavy atom. The van der Waals surface area contributed by atoms with Crippen LogP contribution in [0.25, 0.3) is 0 Å². The largest absolute Gasteiger partial charge is 0.496 e. The topological polar surface area (TPSA) is 59.1 Å². The van der Waals surface area contributed by atoms with E-state index in [-0.39, 0.29) is 18.0 Å². The predicted molar refractivity (Wildman–Crippen MR) is 100 cm³/mol. The van der Waals surface area contributed by atoms with Crippen LogP contribution < -0.4 is 4.74 Å². The first-order valence-corrected chi connectivity index (χ1v) is 8.98. The smallest absolute Gasteiger partial charge is 0.410 e. The number of carbonyl (C=O) groups is 2. The maximum Gasteiger partial charge on any atom is 0.410 e. The van der Waals surface area contributed by atoms with Crippen LogP contribution >= 0.6 is 0 Å². The molecule has 0 unspecified atom stereocenters. The van der Waals surface area contributed by atoms with Gasteiger partial charge in [-0.3, -0.25) is 4.79 Å². The molecule has 0 spiro atoms. The monoisotopic (exact) mass is 362 g/mol. The Labute approximate surface area is 156 Å². The molecule has 1 aromatic carbocycles. The lowest BCUT2D eigenvalue weighted by atomic mass is 10.1. The fraction of sp³-hybridized carbons (Fsp3) is 0.600. The van der Waals surface area contributed by atoms with Crippen molar-refractivity contribution < 1.29 is 19.1 Å². The molecule has 1 heterocycles. The van der Waals surface area contributed by atoms with Crippen LogP contribution in [0.3, 0.4) is 0 Å². The summed E-state index contributed by atoms with van der Waals surface area (Å²) in [5.41, 5.74) is 1.45. The van der Waals surface area contributed by atoms with E-state index in [4.69, 9.17) is 9.47 Å². The van der Waals surface area contributed by atoms with Crippen molar-refractivity contribution in [2.45, 2.75) is 52.2 Å². The average molecular weight is 362 g/mol. The zero-order valence-corrected chi connectivity index (χ0v) is 16.7. The van der Waals surface area contributed by atoms with Crippen LogP contribution in [0.5, 0.6) is 5.75 Å². The summed E-state index contributed by atoms with van der Waals surface area (Å²) in [7, 11) is 3.43. The first kappa shape index (κ1) is 20.1. The number of aryl methyl sites for hydroxylation is 1. The molecule has 0 saturated carbocycles. The Morgan fingerprint density at radius 2 is 2.00 bits per heavy atom. The normalized spacial score (nSPS) is 17.2. The van der Waals surface area contributed by atoms with E-state index in [0.717, 1.165) is 23.3 Å². The molecule has 1 aromatic rings. The van der Waals surface area contributed by atoms with Gasteiger partial charge in [0, 0.05) is 20.1 Å². The van der Waals surface area contributed by atoms with Gasteiger partial charge in [-0.1, -0.05) is 12.1 Å². The maximum absolute atomic E-state index is 12.6. The summed E-state index contributed by atoms with van der Waals surface area (Å²) >= 11 is 0. The van der Waals surface area contributed by atoms with Crippen LogP contribution in [-0.2, 0) is 16.0 Å². The lowest BCUT2D eigenvalue weighted by molar-refractivity contribution is -0.131. The molecule has 6 nitrogen and oxygen atoms in total. The molecular formula is C20H30N2O4. The van der Waals surface area contributed by atoms with E-state index in [2.05, 4.69) is 0 Å². The number of likely N-dealkylation sites (N-methyl/N-ethyl adjacent to an activating group) is 1. The van der Waals surface area contributed by atoms with Crippen molar-refractivity contribution in [3.8, 4) is 5.75 Å². The number of amides is 2. The van der Waals surface area contributed by atoms with Gasteiger partial charge < -0.3 is 19.3 Å². The summed E-state index contributed by atoms with van der Waals surface area (Å²) in [4.78, 5) is 28.2. The van der Waals surface area contributed by atoms with Gasteiger partial charge in [0.2, 0.25) is 5.91 Å². The van der Waals surface area contributed by atoms with Gasteiger partial charge in [0.1, 0.15) is 11.4 Å². The second-order valence-electron chi connectivity index (χ2n) is 7.85. The minimum atomic E-state index is -0.513. The number of rotatable bonds is 4. The van der Waals surface area contributed by atoms with Crippen molar-refractivity contribution in [2.24, 2.45) is 0 Å². The number of carbonyl (C=O) groups excluding carboxylic acids is 2. The molecule has 26 heavy (non-hydrogen) atoms. The van der Waals surface area contributed by atoms with Gasteiger partial charge in [-0.05, 0) is 51.3 Å². The van der Waals surface area contributed by atoms with Crippen molar-refractivity contribution in [1.29, 1.82) is 0 Å². The van der Waals surface area contributed by atoms with E-state index < -0.39 is 5.60 Å². The van der Waals surface area contributed by atoms with E-state index in [1.807, 2.05) is 45.9 Å². The molecule has 2 rings (SSSR count). The van der Waals surface area contributed by atoms with Gasteiger partial charge >= 0.3 is 6.09 Å². The van der Waals surface area contributed by atoms with E-state index in [0.29, 0.717) is 19.5 Å². The summed E-state index contributed by atoms with van der Waals surface area (Å²) in [5.74, 6) is 0.821. The Hall–Kier alpha value is -2.24. The quantitative estimate of drug-likeness (QED) is 0.826. The lowest BCUT2D eigenvalue weighted by Crippen LogP contribution is -2.41. The lowest BCUT2D eigenvalue weighted by Gasteiger charge is -2.27. The predicted octanol–water partition coefficient (Wildman–Crippen LogP) is 3.01. The SMILES string of the molecule is COc1cc(CC(=O)N(C)[C@@H]2CCN(C(=O)OC(C)(C)C)C2)ccc1C. The van der Waals surface area contributed by atoms with Gasteiger partial charge in [0.05, 0.1) is 19.6 Å². The Morgan fingerprint density at radius 1 is 1.31 bits per heavy atom. The molecule has 1 aliphatic rings. The molecule has 0 N–H and O–H groups in total. The van der Waals surface area contributed by atoms with Gasteiger partial charge in [-0.25, -0.2) is 4.79 Å². The second-order valence-corrected chi connectivity index (χ2v) is 7.85. The van der Waals surface area contributed by atoms with Crippen LogP contribution in [0.2, 0.25) is 0 Å². The number of hydrogen-bond donors (Lipinski definition) is 0. The summed E-state index contributed by atoms with van der Waals surface area (Å²) in [6.07, 6.45) is 0.763. The molecule has 0 radical (unpaired) electrons. The summed E-state index contributed by atoms with van der Waals surface area (Å²) in [6, 6.07) is 5.83. The summed E-state index contributed by atoms with van der Waals surface area (Å²) in [6.45, 7) is 8.64. The van der Waals surface area contributed by atoms with Crippen LogP contribution in [0, 0.1) is 6.92 Å². The highest BCUT2D eigenvalue weighted by Crippen LogP contribution is 2.21. The van der Waals surface area contributed by atoms with Gasteiger partial charge in [-0.2, -0.15) is 0 Å². The molecule has 2 amide bonds. The van der Waals surface area contributed by atoms with Crippen molar-refractivity contribution in [2.75, 3.05) is 27.2 Å². The average Bonchev–Trinajstić information content (AvgIpc) is 3.04. The zero-order chi connectivity index (χ0) is 19.5. The van der Waals surface area contributed by atoms with Crippen LogP contribution in [0.4, 0.5) is 4.79 Å². The Kier molecular flexibility index (Phi) is 6.16. The molecule has 0 aliphatic carbocycles. The molecule has 144 valence electrons. The molecule has 1 fully saturated rings. The molecule has 1 saturated heterocycles. The van der Waals surface area contributed by atoms with E-state index in [1.165, 1.54) is 0 Å². The van der Waals surface area contributed by atoms with Crippen LogP contribution in [-0.4, -0.2) is 60.7 Å². The van der Waals surface area contributed by atoms with Gasteiger partial charge in [-0.15, -0.1) is 0 Å². The van der Waals surface area contributed by atoms with Crippen molar-refractivity contribution >= 4 is 12.0 Å². The van der Waals surface area contributed by atoms with Crippen molar-refractivity contribution in [1.82, 2.24) is 9.80 Å². The van der Waals surface area contributed by atoms with Gasteiger partial charge in [0.15, 0.2) is 0 Å². The number of benzene rings is 1. The standard InChI is InChI=1S/C20H30N2O4/c1-14-7-8-15(11-17(14)25-6)12-18(23)21(5)16-9-10-22(13-16)19(24)26-20(2,3)4/h7-8,11,16H,9-10,12-13H2,1-6H3/t16-/m1/s1. The first-order chi connectivity index (χ1) is 12.1. The van der Waals surface area contributed by atoms with Crippen molar-refractivity contribution in [3.05, 3.63) is 29.3 Å². The number of methoxy groups -OCH3 is 1. The van der Waals surface area contributed by atoms with E-state index in [9.17, 15) is 9.59 Å². The minimum Gasteiger partial charge on any atom is -0.496 e. The van der Waals surface area contributed by atoms with Crippen molar-refractivity contribution in [3.63, 3.8) is 0 Å². The number of nitrogens with zero attached hydrogens (tertiary/aromatic N) is 2. The second kappa shape index (κ2) is 7.98. The fourth-order valence-electron chi connectivity index (χ4n) is 3.03. The third-order valence-electron chi connectivity index (χ3n) is 4.58. The third-order valence-corrected chi connectivity index (χ3v) is 4.58. The summed E-state index contributed by atoms with van der Waals surface area (Å²) in [5, 5.41) is 0. The molecule has 1 aliphatic heterocycles. The third kappa shape index (κ3) is 5.13. The summed E-state index contributed by atoms with van der Waals surface area (Å²) < 4.78 is 10.7. The fourth-order valence-corrected chi connectivity index (χ4v) is 3.03. The Bertz CT molecular complexity index is 666. The van der Waals surface area contributed by atoms with Crippen LogP contribution in [0.1, 0.15) is 38.3 Å². The number of likely N-dealkylation sites (tertiary alicyclic amines) is 1. The molecule has 0 bridgehead atoms. The Balaban J connectivity index is 1.94. The highest BCUT2D eigenvalue weighted by molar-refractivity contribution is 5.79. The first-order valence-electron chi connectivity index (χ1n) is 8.98. The zero-order valence-electron chi connectivity index (χ0n) is 16.7. The molecule has 1 atom stereocenters. The highest BCUT2D eigenvalue weighted by atomic mass is 16.6. The minimum absolute atomic E-state index is 0.0161. The highest BCUT2D eigenvalue weighted by Gasteiger charge is 2.33. The number of ether oxygens (including phenoxy) is 2. The molecular weight excluding hydrogens is 332 g/mol. The van der Waals surface area contributed by atoms with E-state index in [1.54, 1.807) is 24.0 Å². The van der Waals surface area contributed by atoms with Gasteiger partial charge in [0.25, 0.3) is 0 Å². The van der Waals surface area contributed by atoms with E-state index >= 15 is 0 Å². The maximum atomic E-state index is 12.6. The van der Waals surface area contributed by atoms with Crippen LogP contribution in [0.15, 0.2) is 18.2 Å². The number of hydrogen-bond acceptors (Lipinski definition) is 4.